The summed E-state index contributed by atoms with van der Waals surface area (Å²) in [4.78, 5) is 22.7. The van der Waals surface area contributed by atoms with Crippen LogP contribution in [0.15, 0.2) is 27.2 Å². The zero-order valence-electron chi connectivity index (χ0n) is 10.4. The lowest BCUT2D eigenvalue weighted by Crippen LogP contribution is -2.14. The SMILES string of the molecule is Cc1[nH]c(=O)sc1S(=O)(=O)Nc1cc([N+](=O)[O-])ccc1F. The van der Waals surface area contributed by atoms with Crippen LogP contribution in [0.3, 0.4) is 0 Å². The summed E-state index contributed by atoms with van der Waals surface area (Å²) in [6.45, 7) is 1.37. The van der Waals surface area contributed by atoms with Crippen molar-refractivity contribution in [1.29, 1.82) is 0 Å². The molecule has 2 N–H and O–H groups in total. The summed E-state index contributed by atoms with van der Waals surface area (Å²) in [5.41, 5.74) is -0.930. The molecule has 0 amide bonds. The predicted octanol–water partition coefficient (Wildman–Crippen LogP) is 1.59. The quantitative estimate of drug-likeness (QED) is 0.650. The Hall–Kier alpha value is -2.27. The first-order valence-corrected chi connectivity index (χ1v) is 7.67. The predicted molar refractivity (Wildman–Crippen MR) is 73.5 cm³/mol. The van der Waals surface area contributed by atoms with Gasteiger partial charge >= 0.3 is 4.87 Å². The van der Waals surface area contributed by atoms with Crippen LogP contribution < -0.4 is 9.60 Å². The van der Waals surface area contributed by atoms with Crippen molar-refractivity contribution in [2.24, 2.45) is 0 Å². The summed E-state index contributed by atoms with van der Waals surface area (Å²) >= 11 is 0.439. The number of nitro groups is 1. The highest BCUT2D eigenvalue weighted by Crippen LogP contribution is 2.25. The van der Waals surface area contributed by atoms with Crippen LogP contribution in [-0.2, 0) is 10.0 Å². The van der Waals surface area contributed by atoms with Gasteiger partial charge in [0.25, 0.3) is 15.7 Å². The number of nitro benzene ring substituents is 1. The van der Waals surface area contributed by atoms with Gasteiger partial charge in [-0.2, -0.15) is 0 Å². The molecule has 1 aromatic carbocycles. The van der Waals surface area contributed by atoms with E-state index in [-0.39, 0.29) is 9.90 Å². The maximum Gasteiger partial charge on any atom is 0.306 e. The summed E-state index contributed by atoms with van der Waals surface area (Å²) in [5.74, 6) is -0.968. The Kier molecular flexibility index (Phi) is 3.78. The first kappa shape index (κ1) is 15.1. The number of hydrogen-bond acceptors (Lipinski definition) is 6. The van der Waals surface area contributed by atoms with Crippen molar-refractivity contribution in [1.82, 2.24) is 4.98 Å². The van der Waals surface area contributed by atoms with Crippen LogP contribution in [0.5, 0.6) is 0 Å². The second kappa shape index (κ2) is 5.26. The number of thiazole rings is 1. The van der Waals surface area contributed by atoms with Crippen molar-refractivity contribution in [3.8, 4) is 0 Å². The minimum atomic E-state index is -4.21. The topological polar surface area (TPSA) is 122 Å². The number of anilines is 1. The van der Waals surface area contributed by atoms with Crippen molar-refractivity contribution in [2.75, 3.05) is 4.72 Å². The molecule has 11 heteroatoms. The van der Waals surface area contributed by atoms with E-state index in [2.05, 4.69) is 4.98 Å². The monoisotopic (exact) mass is 333 g/mol. The van der Waals surface area contributed by atoms with E-state index in [0.717, 1.165) is 18.2 Å². The first-order chi connectivity index (χ1) is 9.70. The van der Waals surface area contributed by atoms with Crippen LogP contribution in [0.4, 0.5) is 15.8 Å². The molecule has 8 nitrogen and oxygen atoms in total. The fraction of sp³-hybridized carbons (Fsp3) is 0.100. The van der Waals surface area contributed by atoms with Gasteiger partial charge in [-0.3, -0.25) is 19.6 Å². The molecule has 0 unspecified atom stereocenters. The number of halogens is 1. The zero-order chi connectivity index (χ0) is 15.8. The van der Waals surface area contributed by atoms with Gasteiger partial charge in [-0.25, -0.2) is 12.8 Å². The average molecular weight is 333 g/mol. The number of rotatable bonds is 4. The molecule has 0 bridgehead atoms. The lowest BCUT2D eigenvalue weighted by molar-refractivity contribution is -0.384. The van der Waals surface area contributed by atoms with Crippen LogP contribution in [0.25, 0.3) is 0 Å². The van der Waals surface area contributed by atoms with Crippen LogP contribution in [-0.4, -0.2) is 18.3 Å². The molecule has 1 aromatic heterocycles. The summed E-state index contributed by atoms with van der Waals surface area (Å²) in [7, 11) is -4.21. The maximum atomic E-state index is 13.6. The fourth-order valence-corrected chi connectivity index (χ4v) is 3.90. The van der Waals surface area contributed by atoms with Crippen LogP contribution in [0.2, 0.25) is 0 Å². The second-order valence-corrected chi connectivity index (χ2v) is 6.81. The Morgan fingerprint density at radius 2 is 2.10 bits per heavy atom. The Balaban J connectivity index is 2.46. The third kappa shape index (κ3) is 3.08. The molecule has 0 aliphatic rings. The van der Waals surface area contributed by atoms with Gasteiger partial charge in [-0.15, -0.1) is 0 Å². The average Bonchev–Trinajstić information content (AvgIpc) is 2.71. The lowest BCUT2D eigenvalue weighted by atomic mass is 10.3. The number of aryl methyl sites for hydroxylation is 1. The highest BCUT2D eigenvalue weighted by molar-refractivity contribution is 7.94. The molecular weight excluding hydrogens is 325 g/mol. The minimum Gasteiger partial charge on any atom is -0.315 e. The normalized spacial score (nSPS) is 11.3. The summed E-state index contributed by atoms with van der Waals surface area (Å²) in [6.07, 6.45) is 0. The third-order valence-electron chi connectivity index (χ3n) is 2.43. The Morgan fingerprint density at radius 1 is 1.43 bits per heavy atom. The van der Waals surface area contributed by atoms with E-state index in [0.29, 0.717) is 11.3 Å². The van der Waals surface area contributed by atoms with Gasteiger partial charge in [-0.05, 0) is 13.0 Å². The lowest BCUT2D eigenvalue weighted by Gasteiger charge is -2.07. The molecule has 0 saturated heterocycles. The first-order valence-electron chi connectivity index (χ1n) is 5.37. The van der Waals surface area contributed by atoms with Crippen LogP contribution in [0.1, 0.15) is 5.69 Å². The van der Waals surface area contributed by atoms with Crippen LogP contribution in [0, 0.1) is 22.9 Å². The smallest absolute Gasteiger partial charge is 0.306 e. The molecule has 2 aromatic rings. The standard InChI is InChI=1S/C10H8FN3O5S2/c1-5-9(20-10(15)12-5)21(18,19)13-8-4-6(14(16)17)2-3-7(8)11/h2-4,13H,1H3,(H,12,15). The molecule has 0 spiro atoms. The third-order valence-corrected chi connectivity index (χ3v) is 5.40. The number of hydrogen-bond donors (Lipinski definition) is 2. The number of nitrogens with one attached hydrogen (secondary N) is 2. The van der Waals surface area contributed by atoms with E-state index in [4.69, 9.17) is 0 Å². The minimum absolute atomic E-state index is 0.100. The highest BCUT2D eigenvalue weighted by Gasteiger charge is 2.23. The van der Waals surface area contributed by atoms with Gasteiger partial charge in [0.1, 0.15) is 5.82 Å². The van der Waals surface area contributed by atoms with Crippen LogP contribution >= 0.6 is 11.3 Å². The molecule has 21 heavy (non-hydrogen) atoms. The molecule has 0 atom stereocenters. The zero-order valence-corrected chi connectivity index (χ0v) is 12.0. The van der Waals surface area contributed by atoms with Crippen molar-refractivity contribution in [2.45, 2.75) is 11.1 Å². The van der Waals surface area contributed by atoms with Gasteiger partial charge in [-0.1, -0.05) is 11.3 Å². The molecular formula is C10H8FN3O5S2. The number of aromatic amines is 1. The fourth-order valence-electron chi connectivity index (χ4n) is 1.54. The molecule has 2 rings (SSSR count). The van der Waals surface area contributed by atoms with Gasteiger partial charge in [0.05, 0.1) is 10.6 Å². The summed E-state index contributed by atoms with van der Waals surface area (Å²) in [5, 5.41) is 10.6. The summed E-state index contributed by atoms with van der Waals surface area (Å²) < 4.78 is 39.3. The molecule has 0 radical (unpaired) electrons. The molecule has 1 heterocycles. The number of sulfonamides is 1. The largest absolute Gasteiger partial charge is 0.315 e. The number of aromatic nitrogens is 1. The van der Waals surface area contributed by atoms with Gasteiger partial charge < -0.3 is 4.98 Å². The van der Waals surface area contributed by atoms with Crippen molar-refractivity contribution in [3.05, 3.63) is 49.5 Å². The van der Waals surface area contributed by atoms with Crippen molar-refractivity contribution < 1.29 is 17.7 Å². The second-order valence-electron chi connectivity index (χ2n) is 3.95. The Morgan fingerprint density at radius 3 is 2.62 bits per heavy atom. The molecule has 0 aliphatic heterocycles. The number of non-ortho nitro benzene ring substituents is 1. The Labute approximate surface area is 121 Å². The van der Waals surface area contributed by atoms with E-state index in [9.17, 15) is 27.7 Å². The Bertz CT molecular complexity index is 871. The van der Waals surface area contributed by atoms with Gasteiger partial charge in [0.15, 0.2) is 4.21 Å². The van der Waals surface area contributed by atoms with E-state index in [1.807, 2.05) is 4.72 Å². The van der Waals surface area contributed by atoms with E-state index in [1.54, 1.807) is 0 Å². The van der Waals surface area contributed by atoms with Crippen molar-refractivity contribution in [3.63, 3.8) is 0 Å². The maximum absolute atomic E-state index is 13.6. The molecule has 0 fully saturated rings. The summed E-state index contributed by atoms with van der Waals surface area (Å²) in [6, 6.07) is 2.45. The van der Waals surface area contributed by atoms with Gasteiger partial charge in [0.2, 0.25) is 0 Å². The van der Waals surface area contributed by atoms with Gasteiger partial charge in [0, 0.05) is 17.8 Å². The van der Waals surface area contributed by atoms with E-state index >= 15 is 0 Å². The van der Waals surface area contributed by atoms with E-state index in [1.165, 1.54) is 6.92 Å². The molecule has 0 aliphatic carbocycles. The van der Waals surface area contributed by atoms with Crippen molar-refractivity contribution >= 4 is 32.7 Å². The van der Waals surface area contributed by atoms with E-state index < -0.39 is 37.0 Å². The molecule has 112 valence electrons. The number of nitrogens with zero attached hydrogens (tertiary/aromatic N) is 1. The molecule has 0 saturated carbocycles. The number of benzene rings is 1. The highest BCUT2D eigenvalue weighted by atomic mass is 32.2. The number of H-pyrrole nitrogens is 1.